The molecule has 0 spiro atoms. The number of rotatable bonds is 5. The van der Waals surface area contributed by atoms with Gasteiger partial charge in [0, 0.05) is 31.4 Å². The highest BCUT2D eigenvalue weighted by molar-refractivity contribution is 5.52. The zero-order valence-electron chi connectivity index (χ0n) is 12.8. The molecular formula is C19H24N2. The molecule has 1 heterocycles. The fourth-order valence-corrected chi connectivity index (χ4v) is 3.13. The van der Waals surface area contributed by atoms with Gasteiger partial charge in [0.05, 0.1) is 0 Å². The predicted octanol–water partition coefficient (Wildman–Crippen LogP) is 3.94. The third-order valence-corrected chi connectivity index (χ3v) is 4.28. The summed E-state index contributed by atoms with van der Waals surface area (Å²) in [6.45, 7) is 5.60. The Kier molecular flexibility index (Phi) is 4.56. The van der Waals surface area contributed by atoms with E-state index >= 15 is 0 Å². The lowest BCUT2D eigenvalue weighted by Gasteiger charge is -2.19. The molecule has 1 aliphatic heterocycles. The second-order valence-electron chi connectivity index (χ2n) is 5.86. The van der Waals surface area contributed by atoms with Crippen LogP contribution in [0, 0.1) is 0 Å². The highest BCUT2D eigenvalue weighted by Gasteiger charge is 2.22. The first-order chi connectivity index (χ1) is 10.3. The van der Waals surface area contributed by atoms with Crippen molar-refractivity contribution in [3.05, 3.63) is 65.7 Å². The molecule has 1 N–H and O–H groups in total. The number of anilines is 1. The van der Waals surface area contributed by atoms with Crippen LogP contribution in [0.3, 0.4) is 0 Å². The molecule has 0 aliphatic carbocycles. The first-order valence-electron chi connectivity index (χ1n) is 7.96. The van der Waals surface area contributed by atoms with E-state index in [9.17, 15) is 0 Å². The van der Waals surface area contributed by atoms with Crippen LogP contribution in [0.15, 0.2) is 54.6 Å². The maximum atomic E-state index is 3.73. The van der Waals surface area contributed by atoms with Gasteiger partial charge in [0.15, 0.2) is 0 Å². The minimum absolute atomic E-state index is 0.571. The van der Waals surface area contributed by atoms with E-state index in [1.165, 1.54) is 29.8 Å². The summed E-state index contributed by atoms with van der Waals surface area (Å²) < 4.78 is 0. The molecule has 1 aliphatic rings. The molecule has 1 saturated heterocycles. The van der Waals surface area contributed by atoms with Gasteiger partial charge >= 0.3 is 0 Å². The number of nitrogens with one attached hydrogen (secondary N) is 1. The van der Waals surface area contributed by atoms with Crippen molar-refractivity contribution in [1.82, 2.24) is 4.90 Å². The van der Waals surface area contributed by atoms with E-state index in [4.69, 9.17) is 0 Å². The highest BCUT2D eigenvalue weighted by Crippen LogP contribution is 2.21. The number of aryl methyl sites for hydroxylation is 1. The lowest BCUT2D eigenvalue weighted by Crippen LogP contribution is -2.26. The van der Waals surface area contributed by atoms with Crippen LogP contribution in [0.25, 0.3) is 0 Å². The zero-order chi connectivity index (χ0) is 14.5. The zero-order valence-corrected chi connectivity index (χ0v) is 12.8. The average Bonchev–Trinajstić information content (AvgIpc) is 2.96. The van der Waals surface area contributed by atoms with Crippen molar-refractivity contribution < 1.29 is 0 Å². The Morgan fingerprint density at radius 2 is 1.81 bits per heavy atom. The number of likely N-dealkylation sites (tertiary alicyclic amines) is 1. The summed E-state index contributed by atoms with van der Waals surface area (Å²) in [5.41, 5.74) is 4.14. The van der Waals surface area contributed by atoms with Crippen LogP contribution in [-0.2, 0) is 13.0 Å². The summed E-state index contributed by atoms with van der Waals surface area (Å²) in [7, 11) is 0. The second kappa shape index (κ2) is 6.77. The number of benzene rings is 2. The van der Waals surface area contributed by atoms with Crippen LogP contribution in [0.2, 0.25) is 0 Å². The van der Waals surface area contributed by atoms with Gasteiger partial charge in [-0.15, -0.1) is 0 Å². The van der Waals surface area contributed by atoms with E-state index in [1.54, 1.807) is 0 Å². The van der Waals surface area contributed by atoms with E-state index in [0.29, 0.717) is 6.04 Å². The van der Waals surface area contributed by atoms with Gasteiger partial charge in [-0.3, -0.25) is 4.90 Å². The number of para-hydroxylation sites is 1. The molecular weight excluding hydrogens is 256 g/mol. The Bertz CT molecular complexity index is 565. The third-order valence-electron chi connectivity index (χ3n) is 4.28. The minimum atomic E-state index is 0.571. The SMILES string of the molecule is CCc1ccccc1NC1CCN(Cc2ccccc2)C1. The topological polar surface area (TPSA) is 15.3 Å². The molecule has 110 valence electrons. The quantitative estimate of drug-likeness (QED) is 0.892. The summed E-state index contributed by atoms with van der Waals surface area (Å²) in [5.74, 6) is 0. The van der Waals surface area contributed by atoms with Gasteiger partial charge in [0.25, 0.3) is 0 Å². The molecule has 0 radical (unpaired) electrons. The van der Waals surface area contributed by atoms with Gasteiger partial charge in [-0.25, -0.2) is 0 Å². The molecule has 2 aromatic rings. The van der Waals surface area contributed by atoms with Crippen molar-refractivity contribution in [1.29, 1.82) is 0 Å². The fraction of sp³-hybridized carbons (Fsp3) is 0.368. The number of hydrogen-bond donors (Lipinski definition) is 1. The molecule has 0 amide bonds. The van der Waals surface area contributed by atoms with E-state index in [-0.39, 0.29) is 0 Å². The normalized spacial score (nSPS) is 18.8. The van der Waals surface area contributed by atoms with Crippen molar-refractivity contribution in [2.75, 3.05) is 18.4 Å². The van der Waals surface area contributed by atoms with E-state index < -0.39 is 0 Å². The van der Waals surface area contributed by atoms with Crippen LogP contribution < -0.4 is 5.32 Å². The lowest BCUT2D eigenvalue weighted by molar-refractivity contribution is 0.328. The molecule has 2 aromatic carbocycles. The molecule has 0 saturated carbocycles. The van der Waals surface area contributed by atoms with Gasteiger partial charge in [0.2, 0.25) is 0 Å². The van der Waals surface area contributed by atoms with Crippen LogP contribution in [0.4, 0.5) is 5.69 Å². The van der Waals surface area contributed by atoms with Crippen molar-refractivity contribution in [3.63, 3.8) is 0 Å². The first-order valence-corrected chi connectivity index (χ1v) is 7.96. The summed E-state index contributed by atoms with van der Waals surface area (Å²) in [5, 5.41) is 3.73. The van der Waals surface area contributed by atoms with Crippen LogP contribution in [0.5, 0.6) is 0 Å². The standard InChI is InChI=1S/C19H24N2/c1-2-17-10-6-7-11-19(17)20-18-12-13-21(15-18)14-16-8-4-3-5-9-16/h3-11,18,20H,2,12-15H2,1H3. The molecule has 2 heteroatoms. The summed E-state index contributed by atoms with van der Waals surface area (Å²) >= 11 is 0. The van der Waals surface area contributed by atoms with Gasteiger partial charge in [-0.05, 0) is 30.0 Å². The smallest absolute Gasteiger partial charge is 0.0400 e. The Hall–Kier alpha value is -1.80. The maximum Gasteiger partial charge on any atom is 0.0400 e. The molecule has 21 heavy (non-hydrogen) atoms. The summed E-state index contributed by atoms with van der Waals surface area (Å²) in [6.07, 6.45) is 2.31. The molecule has 0 bridgehead atoms. The Morgan fingerprint density at radius 3 is 2.62 bits per heavy atom. The molecule has 1 unspecified atom stereocenters. The Morgan fingerprint density at radius 1 is 1.05 bits per heavy atom. The molecule has 3 rings (SSSR count). The van der Waals surface area contributed by atoms with E-state index in [0.717, 1.165) is 19.5 Å². The van der Waals surface area contributed by atoms with E-state index in [2.05, 4.69) is 71.7 Å². The van der Waals surface area contributed by atoms with Gasteiger partial charge < -0.3 is 5.32 Å². The molecule has 2 nitrogen and oxygen atoms in total. The van der Waals surface area contributed by atoms with Crippen LogP contribution in [0.1, 0.15) is 24.5 Å². The number of nitrogens with zero attached hydrogens (tertiary/aromatic N) is 1. The fourth-order valence-electron chi connectivity index (χ4n) is 3.13. The highest BCUT2D eigenvalue weighted by atomic mass is 15.2. The maximum absolute atomic E-state index is 3.73. The monoisotopic (exact) mass is 280 g/mol. The second-order valence-corrected chi connectivity index (χ2v) is 5.86. The molecule has 1 atom stereocenters. The largest absolute Gasteiger partial charge is 0.381 e. The third kappa shape index (κ3) is 3.64. The van der Waals surface area contributed by atoms with Crippen LogP contribution in [-0.4, -0.2) is 24.0 Å². The lowest BCUT2D eigenvalue weighted by atomic mass is 10.1. The first kappa shape index (κ1) is 14.2. The Balaban J connectivity index is 1.57. The van der Waals surface area contributed by atoms with Crippen molar-refractivity contribution in [2.45, 2.75) is 32.4 Å². The average molecular weight is 280 g/mol. The Labute approximate surface area is 127 Å². The minimum Gasteiger partial charge on any atom is -0.381 e. The van der Waals surface area contributed by atoms with Gasteiger partial charge in [-0.2, -0.15) is 0 Å². The van der Waals surface area contributed by atoms with E-state index in [1.807, 2.05) is 0 Å². The molecule has 0 aromatic heterocycles. The predicted molar refractivity (Wildman–Crippen MR) is 89.6 cm³/mol. The van der Waals surface area contributed by atoms with Gasteiger partial charge in [0.1, 0.15) is 0 Å². The summed E-state index contributed by atoms with van der Waals surface area (Å²) in [4.78, 5) is 2.54. The summed E-state index contributed by atoms with van der Waals surface area (Å²) in [6, 6.07) is 20.0. The van der Waals surface area contributed by atoms with Crippen molar-refractivity contribution >= 4 is 5.69 Å². The van der Waals surface area contributed by atoms with Gasteiger partial charge in [-0.1, -0.05) is 55.5 Å². The van der Waals surface area contributed by atoms with Crippen LogP contribution >= 0.6 is 0 Å². The van der Waals surface area contributed by atoms with Crippen molar-refractivity contribution in [3.8, 4) is 0 Å². The molecule has 1 fully saturated rings. The number of hydrogen-bond acceptors (Lipinski definition) is 2. The van der Waals surface area contributed by atoms with Crippen molar-refractivity contribution in [2.24, 2.45) is 0 Å².